The van der Waals surface area contributed by atoms with Gasteiger partial charge < -0.3 is 25.0 Å². The Labute approximate surface area is 207 Å². The van der Waals surface area contributed by atoms with E-state index in [2.05, 4.69) is 20.5 Å². The molecule has 2 aromatic carbocycles. The Balaban J connectivity index is 0.00000363. The number of hydrogen-bond acceptors (Lipinski definition) is 4. The van der Waals surface area contributed by atoms with Crippen molar-refractivity contribution in [2.75, 3.05) is 45.3 Å². The number of ether oxygens (including phenoxy) is 2. The summed E-state index contributed by atoms with van der Waals surface area (Å²) in [4.78, 5) is 7.00. The number of piperidine rings is 1. The lowest BCUT2D eigenvalue weighted by atomic mass is 10.0. The molecule has 0 saturated carbocycles. The molecule has 0 spiro atoms. The van der Waals surface area contributed by atoms with Crippen LogP contribution in [0.15, 0.2) is 47.5 Å². The Morgan fingerprint density at radius 3 is 2.34 bits per heavy atom. The second kappa shape index (κ2) is 13.3. The molecule has 1 aliphatic heterocycles. The molecule has 1 saturated heterocycles. The zero-order valence-corrected chi connectivity index (χ0v) is 21.4. The predicted octanol–water partition coefficient (Wildman–Crippen LogP) is 4.23. The highest BCUT2D eigenvalue weighted by molar-refractivity contribution is 14.0. The normalized spacial score (nSPS) is 14.5. The average molecular weight is 556 g/mol. The van der Waals surface area contributed by atoms with Crippen LogP contribution in [0.3, 0.4) is 0 Å². The van der Waals surface area contributed by atoms with Gasteiger partial charge >= 0.3 is 0 Å². The Morgan fingerprint density at radius 1 is 1.09 bits per heavy atom. The number of hydrogen-bond donors (Lipinski definition) is 2. The van der Waals surface area contributed by atoms with Gasteiger partial charge in [0.1, 0.15) is 17.3 Å². The van der Waals surface area contributed by atoms with Crippen LogP contribution in [-0.2, 0) is 6.42 Å². The van der Waals surface area contributed by atoms with Crippen molar-refractivity contribution in [3.8, 4) is 11.5 Å². The molecule has 1 heterocycles. The summed E-state index contributed by atoms with van der Waals surface area (Å²) < 4.78 is 24.6. The zero-order chi connectivity index (χ0) is 22.1. The van der Waals surface area contributed by atoms with E-state index in [1.165, 1.54) is 6.07 Å². The molecule has 2 N–H and O–H groups in total. The lowest BCUT2D eigenvalue weighted by Crippen LogP contribution is -2.48. The maximum Gasteiger partial charge on any atom is 0.191 e. The van der Waals surface area contributed by atoms with Crippen molar-refractivity contribution in [2.45, 2.75) is 32.2 Å². The van der Waals surface area contributed by atoms with Gasteiger partial charge in [-0.2, -0.15) is 0 Å². The SMILES string of the molecule is CCNC(=NCCc1ccccc1F)NC1CCN(c2cc(OC)cc(OC)c2)CC1.I. The number of aliphatic imine (C=N–C) groups is 1. The van der Waals surface area contributed by atoms with Crippen LogP contribution in [0, 0.1) is 5.82 Å². The van der Waals surface area contributed by atoms with Crippen LogP contribution in [0.25, 0.3) is 0 Å². The van der Waals surface area contributed by atoms with Crippen LogP contribution in [0.1, 0.15) is 25.3 Å². The van der Waals surface area contributed by atoms with Crippen molar-refractivity contribution >= 4 is 35.6 Å². The van der Waals surface area contributed by atoms with Crippen molar-refractivity contribution in [3.05, 3.63) is 53.8 Å². The minimum absolute atomic E-state index is 0. The number of anilines is 1. The summed E-state index contributed by atoms with van der Waals surface area (Å²) in [7, 11) is 3.34. The van der Waals surface area contributed by atoms with E-state index in [4.69, 9.17) is 9.47 Å². The lowest BCUT2D eigenvalue weighted by molar-refractivity contribution is 0.393. The third kappa shape index (κ3) is 7.43. The third-order valence-electron chi connectivity index (χ3n) is 5.49. The minimum atomic E-state index is -0.169. The quantitative estimate of drug-likeness (QED) is 0.290. The summed E-state index contributed by atoms with van der Waals surface area (Å²) in [6.07, 6.45) is 2.58. The molecule has 6 nitrogen and oxygen atoms in total. The fourth-order valence-corrected chi connectivity index (χ4v) is 3.76. The largest absolute Gasteiger partial charge is 0.497 e. The highest BCUT2D eigenvalue weighted by Crippen LogP contribution is 2.30. The number of rotatable bonds is 8. The van der Waals surface area contributed by atoms with Crippen LogP contribution in [0.5, 0.6) is 11.5 Å². The lowest BCUT2D eigenvalue weighted by Gasteiger charge is -2.34. The van der Waals surface area contributed by atoms with E-state index >= 15 is 0 Å². The first-order valence-electron chi connectivity index (χ1n) is 10.9. The van der Waals surface area contributed by atoms with Crippen molar-refractivity contribution in [1.82, 2.24) is 10.6 Å². The molecule has 8 heteroatoms. The monoisotopic (exact) mass is 556 g/mol. The van der Waals surface area contributed by atoms with Crippen LogP contribution in [0.4, 0.5) is 10.1 Å². The summed E-state index contributed by atoms with van der Waals surface area (Å²) >= 11 is 0. The molecule has 1 fully saturated rings. The van der Waals surface area contributed by atoms with Gasteiger partial charge in [0.05, 0.1) is 14.2 Å². The summed E-state index contributed by atoms with van der Waals surface area (Å²) in [5, 5.41) is 6.85. The molecule has 0 aromatic heterocycles. The van der Waals surface area contributed by atoms with Gasteiger partial charge in [-0.3, -0.25) is 4.99 Å². The molecule has 0 bridgehead atoms. The van der Waals surface area contributed by atoms with Crippen molar-refractivity contribution in [2.24, 2.45) is 4.99 Å². The molecular weight excluding hydrogens is 522 g/mol. The highest BCUT2D eigenvalue weighted by atomic mass is 127. The number of guanidine groups is 1. The summed E-state index contributed by atoms with van der Waals surface area (Å²) in [6, 6.07) is 13.2. The zero-order valence-electron chi connectivity index (χ0n) is 19.1. The second-order valence-corrected chi connectivity index (χ2v) is 7.58. The second-order valence-electron chi connectivity index (χ2n) is 7.58. The van der Waals surface area contributed by atoms with E-state index in [0.717, 1.165) is 55.6 Å². The van der Waals surface area contributed by atoms with Gasteiger partial charge in [-0.15, -0.1) is 24.0 Å². The van der Waals surface area contributed by atoms with Gasteiger partial charge in [0.25, 0.3) is 0 Å². The Bertz CT molecular complexity index is 851. The molecule has 176 valence electrons. The van der Waals surface area contributed by atoms with Gasteiger partial charge in [-0.1, -0.05) is 18.2 Å². The topological polar surface area (TPSA) is 58.1 Å². The maximum atomic E-state index is 13.8. The van der Waals surface area contributed by atoms with Gasteiger partial charge in [0.15, 0.2) is 5.96 Å². The first-order valence-corrected chi connectivity index (χ1v) is 10.9. The fraction of sp³-hybridized carbons (Fsp3) is 0.458. The molecule has 0 aliphatic carbocycles. The molecule has 3 rings (SSSR count). The Morgan fingerprint density at radius 2 is 1.75 bits per heavy atom. The predicted molar refractivity (Wildman–Crippen MR) is 139 cm³/mol. The molecular formula is C24H34FIN4O2. The smallest absolute Gasteiger partial charge is 0.191 e. The summed E-state index contributed by atoms with van der Waals surface area (Å²) in [5.41, 5.74) is 1.81. The molecule has 0 atom stereocenters. The van der Waals surface area contributed by atoms with Crippen LogP contribution in [0.2, 0.25) is 0 Å². The molecule has 1 aliphatic rings. The van der Waals surface area contributed by atoms with Crippen LogP contribution >= 0.6 is 24.0 Å². The van der Waals surface area contributed by atoms with E-state index in [1.54, 1.807) is 20.3 Å². The summed E-state index contributed by atoms with van der Waals surface area (Å²) in [5.74, 6) is 2.22. The number of benzene rings is 2. The standard InChI is InChI=1S/C24H33FN4O2.HI/c1-4-26-24(27-12-9-18-7-5-6-8-23(18)25)28-19-10-13-29(14-11-19)20-15-21(30-2)17-22(16-20)31-3;/h5-8,15-17,19H,4,9-14H2,1-3H3,(H2,26,27,28);1H. The molecule has 32 heavy (non-hydrogen) atoms. The molecule has 0 amide bonds. The van der Waals surface area contributed by atoms with E-state index in [1.807, 2.05) is 37.3 Å². The fourth-order valence-electron chi connectivity index (χ4n) is 3.76. The van der Waals surface area contributed by atoms with E-state index < -0.39 is 0 Å². The first-order chi connectivity index (χ1) is 15.1. The molecule has 0 radical (unpaired) electrons. The minimum Gasteiger partial charge on any atom is -0.497 e. The van der Waals surface area contributed by atoms with Crippen LogP contribution in [-0.4, -0.2) is 52.4 Å². The van der Waals surface area contributed by atoms with Gasteiger partial charge in [-0.05, 0) is 37.8 Å². The van der Waals surface area contributed by atoms with Gasteiger partial charge in [-0.25, -0.2) is 4.39 Å². The van der Waals surface area contributed by atoms with Crippen molar-refractivity contribution in [3.63, 3.8) is 0 Å². The van der Waals surface area contributed by atoms with Crippen molar-refractivity contribution in [1.29, 1.82) is 0 Å². The summed E-state index contributed by atoms with van der Waals surface area (Å²) in [6.45, 7) is 5.24. The third-order valence-corrected chi connectivity index (χ3v) is 5.49. The maximum absolute atomic E-state index is 13.8. The molecule has 2 aromatic rings. The average Bonchev–Trinajstić information content (AvgIpc) is 2.80. The Kier molecular flexibility index (Phi) is 10.9. The van der Waals surface area contributed by atoms with E-state index in [-0.39, 0.29) is 29.8 Å². The van der Waals surface area contributed by atoms with Gasteiger partial charge in [0.2, 0.25) is 0 Å². The van der Waals surface area contributed by atoms with Gasteiger partial charge in [0, 0.05) is 56.1 Å². The number of nitrogens with one attached hydrogen (secondary N) is 2. The highest BCUT2D eigenvalue weighted by Gasteiger charge is 2.21. The van der Waals surface area contributed by atoms with Crippen molar-refractivity contribution < 1.29 is 13.9 Å². The number of halogens is 2. The number of methoxy groups -OCH3 is 2. The van der Waals surface area contributed by atoms with Crippen LogP contribution < -0.4 is 25.0 Å². The Hall–Kier alpha value is -2.23. The number of nitrogens with zero attached hydrogens (tertiary/aromatic N) is 2. The molecule has 0 unspecified atom stereocenters. The van der Waals surface area contributed by atoms with E-state index in [9.17, 15) is 4.39 Å². The first kappa shape index (κ1) is 26.0. The van der Waals surface area contributed by atoms with E-state index in [0.29, 0.717) is 24.6 Å².